The Morgan fingerprint density at radius 1 is 1.03 bits per heavy atom. The highest BCUT2D eigenvalue weighted by Gasteiger charge is 2.67. The van der Waals surface area contributed by atoms with E-state index >= 15 is 0 Å². The fourth-order valence-electron chi connectivity index (χ4n) is 9.48. The van der Waals surface area contributed by atoms with Crippen LogP contribution in [0.15, 0.2) is 24.3 Å². The first-order valence-corrected chi connectivity index (χ1v) is 22.1. The van der Waals surface area contributed by atoms with E-state index in [9.17, 15) is 36.4 Å². The third-order valence-corrected chi connectivity index (χ3v) is 14.9. The Kier molecular flexibility index (Phi) is 10.5. The third-order valence-electron chi connectivity index (χ3n) is 13.1. The van der Waals surface area contributed by atoms with Crippen LogP contribution in [0.3, 0.4) is 0 Å². The quantitative estimate of drug-likeness (QED) is 0.356. The Balaban J connectivity index is 1.13. The maximum absolute atomic E-state index is 14.8. The largest absolute Gasteiger partial charge is 0.497 e. The van der Waals surface area contributed by atoms with Gasteiger partial charge in [-0.05, 0) is 92.7 Å². The second-order valence-electron chi connectivity index (χ2n) is 18.3. The summed E-state index contributed by atoms with van der Waals surface area (Å²) in [5.41, 5.74) is -1.62. The fraction of sp³-hybridized carbons (Fsp3) is 0.683. The van der Waals surface area contributed by atoms with Gasteiger partial charge >= 0.3 is 6.09 Å². The van der Waals surface area contributed by atoms with E-state index in [0.717, 1.165) is 49.5 Å². The van der Waals surface area contributed by atoms with Crippen molar-refractivity contribution in [3.05, 3.63) is 29.8 Å². The summed E-state index contributed by atoms with van der Waals surface area (Å²) < 4.78 is 73.9. The number of alkyl carbamates (subject to hydrolysis) is 1. The first kappa shape index (κ1) is 40.5. The molecule has 3 N–H and O–H groups in total. The molecule has 1 aromatic heterocycles. The van der Waals surface area contributed by atoms with Crippen molar-refractivity contribution < 1.29 is 50.6 Å². The highest BCUT2D eigenvalue weighted by Crippen LogP contribution is 2.58. The van der Waals surface area contributed by atoms with Crippen molar-refractivity contribution in [3.63, 3.8) is 0 Å². The summed E-state index contributed by atoms with van der Waals surface area (Å²) in [5.74, 6) is -2.24. The van der Waals surface area contributed by atoms with Gasteiger partial charge in [-0.2, -0.15) is 0 Å². The lowest BCUT2D eigenvalue weighted by atomic mass is 9.85. The summed E-state index contributed by atoms with van der Waals surface area (Å²) in [7, 11) is -2.57. The van der Waals surface area contributed by atoms with Gasteiger partial charge in [0.2, 0.25) is 34.1 Å². The Hall–Kier alpha value is -4.28. The molecule has 2 aromatic rings. The number of pyridine rings is 1. The van der Waals surface area contributed by atoms with Gasteiger partial charge in [-0.25, -0.2) is 27.0 Å². The van der Waals surface area contributed by atoms with Crippen molar-refractivity contribution in [3.8, 4) is 11.6 Å². The van der Waals surface area contributed by atoms with Crippen LogP contribution >= 0.6 is 0 Å². The van der Waals surface area contributed by atoms with Gasteiger partial charge in [0.1, 0.15) is 35.6 Å². The summed E-state index contributed by atoms with van der Waals surface area (Å²) in [6.07, 6.45) is 1.40. The van der Waals surface area contributed by atoms with Crippen molar-refractivity contribution in [2.24, 2.45) is 29.1 Å². The number of rotatable bonds is 7. The molecule has 0 spiro atoms. The molecule has 316 valence electrons. The number of benzene rings is 1. The average molecular weight is 830 g/mol. The number of hydrogen-bond acceptors (Lipinski definition) is 10. The van der Waals surface area contributed by atoms with E-state index in [1.54, 1.807) is 33.9 Å². The van der Waals surface area contributed by atoms with Crippen LogP contribution in [0.25, 0.3) is 10.9 Å². The maximum Gasteiger partial charge on any atom is 0.408 e. The van der Waals surface area contributed by atoms with Crippen LogP contribution in [0.1, 0.15) is 90.5 Å². The van der Waals surface area contributed by atoms with Gasteiger partial charge in [-0.1, -0.05) is 33.6 Å². The number of carbonyl (C=O) groups is 4. The number of hydrogen-bond donors (Lipinski definition) is 3. The maximum atomic E-state index is 14.8. The number of methoxy groups -OCH3 is 1. The predicted octanol–water partition coefficient (Wildman–Crippen LogP) is 4.62. The van der Waals surface area contributed by atoms with E-state index in [4.69, 9.17) is 19.2 Å². The highest BCUT2D eigenvalue weighted by molar-refractivity contribution is 7.91. The molecule has 2 aliphatic heterocycles. The number of halogens is 2. The minimum atomic E-state index is -4.13. The molecule has 3 heterocycles. The molecule has 8 rings (SSSR count). The van der Waals surface area contributed by atoms with Gasteiger partial charge in [-0.15, -0.1) is 0 Å². The summed E-state index contributed by atoms with van der Waals surface area (Å²) >= 11 is 0. The van der Waals surface area contributed by atoms with E-state index < -0.39 is 87.0 Å². The number of sulfonamides is 1. The number of aryl methyl sites for hydroxylation is 1. The summed E-state index contributed by atoms with van der Waals surface area (Å²) in [6, 6.07) is 5.05. The lowest BCUT2D eigenvalue weighted by Crippen LogP contribution is -2.60. The second kappa shape index (κ2) is 15.1. The lowest BCUT2D eigenvalue weighted by Gasteiger charge is -2.36. The van der Waals surface area contributed by atoms with E-state index in [-0.39, 0.29) is 25.0 Å². The summed E-state index contributed by atoms with van der Waals surface area (Å²) in [5, 5.41) is 5.35. The molecule has 4 aliphatic carbocycles. The molecule has 6 aliphatic rings. The van der Waals surface area contributed by atoms with Gasteiger partial charge < -0.3 is 29.7 Å². The SMILES string of the molecule is COc1ccc2cc3c(nc2c1)O[C@@H]1C[C@@H](C(=O)N[C@]2(C(=O)NS(=O)(=O)C4CC4)C[C@H]2C(F)F)N(C1)C(=O)[C@H](C(C)(C)C)NC(=O)O[C@@H]1C[C@H]2C[C@@H]2[C@H]1CCCCC3. The summed E-state index contributed by atoms with van der Waals surface area (Å²) in [4.78, 5) is 62.3. The first-order chi connectivity index (χ1) is 27.5. The molecule has 1 saturated heterocycles. The molecular formula is C41H53F2N5O9S. The van der Waals surface area contributed by atoms with Crippen LogP contribution in [0.2, 0.25) is 0 Å². The number of nitrogens with one attached hydrogen (secondary N) is 3. The topological polar surface area (TPSA) is 182 Å². The van der Waals surface area contributed by atoms with Crippen LogP contribution in [-0.4, -0.2) is 97.3 Å². The Morgan fingerprint density at radius 2 is 1.81 bits per heavy atom. The molecule has 58 heavy (non-hydrogen) atoms. The number of fused-ring (bicyclic) bond motifs is 7. The molecular weight excluding hydrogens is 777 g/mol. The van der Waals surface area contributed by atoms with E-state index in [2.05, 4.69) is 10.6 Å². The zero-order chi connectivity index (χ0) is 41.3. The zero-order valence-electron chi connectivity index (χ0n) is 33.3. The molecule has 2 bridgehead atoms. The molecule has 0 unspecified atom stereocenters. The highest BCUT2D eigenvalue weighted by atomic mass is 32.2. The van der Waals surface area contributed by atoms with Crippen molar-refractivity contribution in [1.29, 1.82) is 0 Å². The molecule has 0 radical (unpaired) electrons. The minimum Gasteiger partial charge on any atom is -0.497 e. The predicted molar refractivity (Wildman–Crippen MR) is 206 cm³/mol. The van der Waals surface area contributed by atoms with Crippen molar-refractivity contribution >= 4 is 44.7 Å². The zero-order valence-corrected chi connectivity index (χ0v) is 34.1. The number of carbonyl (C=O) groups excluding carboxylic acids is 4. The Labute approximate surface area is 336 Å². The molecule has 1 aromatic carbocycles. The summed E-state index contributed by atoms with van der Waals surface area (Å²) in [6.45, 7) is 5.17. The van der Waals surface area contributed by atoms with E-state index in [1.807, 2.05) is 22.9 Å². The molecule has 4 amide bonds. The van der Waals surface area contributed by atoms with Crippen LogP contribution in [0.4, 0.5) is 13.6 Å². The van der Waals surface area contributed by atoms with Crippen LogP contribution in [0, 0.1) is 29.1 Å². The normalized spacial score (nSPS) is 32.7. The third kappa shape index (κ3) is 8.03. The smallest absolute Gasteiger partial charge is 0.408 e. The standard InChI is InChI=1S/C41H53F2N5O9S/c1-40(2,3)33-37(50)48-20-25(18-31(48)35(49)46-41(19-29(41)34(42)43)38(51)47-58(53,54)26-12-13-26)56-36-22(14-21-10-11-24(55-4)17-30(21)44-36)8-6-5-7-9-27-28-15-23(28)16-32(27)57-39(52)45-33/h10-11,14,17,23,25-29,31-34H,5-9,12-13,15-16,18-20H2,1-4H3,(H,45,52)(H,46,49)(H,47,51)/t23-,25-,27-,28+,29+,31+,32-,33-,41-/m1/s1. The number of amides is 4. The van der Waals surface area contributed by atoms with Gasteiger partial charge in [-0.3, -0.25) is 19.1 Å². The monoisotopic (exact) mass is 829 g/mol. The van der Waals surface area contributed by atoms with Crippen LogP contribution < -0.4 is 24.8 Å². The van der Waals surface area contributed by atoms with Gasteiger partial charge in [0.25, 0.3) is 5.91 Å². The molecule has 17 heteroatoms. The molecule has 4 saturated carbocycles. The van der Waals surface area contributed by atoms with Crippen LogP contribution in [-0.2, 0) is 35.6 Å². The van der Waals surface area contributed by atoms with Crippen molar-refractivity contribution in [1.82, 2.24) is 25.2 Å². The van der Waals surface area contributed by atoms with E-state index in [0.29, 0.717) is 48.2 Å². The number of alkyl halides is 2. The number of nitrogens with zero attached hydrogens (tertiary/aromatic N) is 2. The first-order valence-electron chi connectivity index (χ1n) is 20.6. The fourth-order valence-corrected chi connectivity index (χ4v) is 10.8. The van der Waals surface area contributed by atoms with Crippen LogP contribution in [0.5, 0.6) is 11.6 Å². The lowest BCUT2D eigenvalue weighted by molar-refractivity contribution is -0.143. The van der Waals surface area contributed by atoms with Gasteiger partial charge in [0, 0.05) is 23.4 Å². The second-order valence-corrected chi connectivity index (χ2v) is 20.3. The number of aromatic nitrogens is 1. The van der Waals surface area contributed by atoms with Gasteiger partial charge in [0.05, 0.1) is 30.3 Å². The average Bonchev–Trinajstić information content (AvgIpc) is 4.10. The van der Waals surface area contributed by atoms with Crippen molar-refractivity contribution in [2.45, 2.75) is 133 Å². The molecule has 5 fully saturated rings. The molecule has 14 nitrogen and oxygen atoms in total. The van der Waals surface area contributed by atoms with E-state index in [1.165, 1.54) is 4.90 Å². The molecule has 9 atom stereocenters. The Bertz CT molecular complexity index is 2090. The van der Waals surface area contributed by atoms with Crippen molar-refractivity contribution in [2.75, 3.05) is 13.7 Å². The Morgan fingerprint density at radius 3 is 2.50 bits per heavy atom. The van der Waals surface area contributed by atoms with Gasteiger partial charge in [0.15, 0.2) is 0 Å². The number of ether oxygens (including phenoxy) is 3. The minimum absolute atomic E-state index is 0.111.